The van der Waals surface area contributed by atoms with Gasteiger partial charge in [0.2, 0.25) is 0 Å². The quantitative estimate of drug-likeness (QED) is 0.717. The summed E-state index contributed by atoms with van der Waals surface area (Å²) in [6.07, 6.45) is 4.00. The number of aryl methyl sites for hydroxylation is 1. The third-order valence-corrected chi connectivity index (χ3v) is 2.64. The van der Waals surface area contributed by atoms with Gasteiger partial charge in [0.25, 0.3) is 0 Å². The average molecular weight is 209 g/mol. The summed E-state index contributed by atoms with van der Waals surface area (Å²) in [6, 6.07) is 1.77. The maximum absolute atomic E-state index is 5.83. The van der Waals surface area contributed by atoms with Crippen LogP contribution in [0.15, 0.2) is 12.3 Å². The first-order chi connectivity index (χ1) is 6.84. The predicted octanol–water partition coefficient (Wildman–Crippen LogP) is 1.74. The zero-order valence-corrected chi connectivity index (χ0v) is 8.25. The largest absolute Gasteiger partial charge is 0.382 e. The van der Waals surface area contributed by atoms with Crippen LogP contribution in [0.1, 0.15) is 12.1 Å². The molecule has 0 saturated heterocycles. The highest BCUT2D eigenvalue weighted by Gasteiger charge is 2.13. The Balaban J connectivity index is 2.33. The van der Waals surface area contributed by atoms with Crippen LogP contribution in [0.4, 0.5) is 5.69 Å². The number of hydrogen-bond donors (Lipinski definition) is 1. The Bertz CT molecular complexity index is 491. The zero-order valence-electron chi connectivity index (χ0n) is 7.50. The van der Waals surface area contributed by atoms with E-state index in [-0.39, 0.29) is 0 Å². The maximum Gasteiger partial charge on any atom is 0.156 e. The SMILES string of the molecule is Clc1cc2ncc3c(n2n1)CCCN3. The van der Waals surface area contributed by atoms with Crippen LogP contribution in [-0.4, -0.2) is 21.1 Å². The van der Waals surface area contributed by atoms with Gasteiger partial charge in [-0.1, -0.05) is 11.6 Å². The van der Waals surface area contributed by atoms with Crippen molar-refractivity contribution in [3.63, 3.8) is 0 Å². The van der Waals surface area contributed by atoms with Gasteiger partial charge in [0.1, 0.15) is 0 Å². The highest BCUT2D eigenvalue weighted by atomic mass is 35.5. The van der Waals surface area contributed by atoms with Gasteiger partial charge in [-0.3, -0.25) is 0 Å². The van der Waals surface area contributed by atoms with E-state index in [2.05, 4.69) is 15.4 Å². The lowest BCUT2D eigenvalue weighted by Crippen LogP contribution is -2.16. The molecule has 2 aromatic rings. The summed E-state index contributed by atoms with van der Waals surface area (Å²) in [5.74, 6) is 0. The highest BCUT2D eigenvalue weighted by molar-refractivity contribution is 6.29. The van der Waals surface area contributed by atoms with Crippen LogP contribution in [0.3, 0.4) is 0 Å². The molecule has 0 radical (unpaired) electrons. The smallest absolute Gasteiger partial charge is 0.156 e. The van der Waals surface area contributed by atoms with Crippen molar-refractivity contribution in [1.29, 1.82) is 0 Å². The molecule has 0 amide bonds. The molecule has 2 aromatic heterocycles. The third-order valence-electron chi connectivity index (χ3n) is 2.46. The molecule has 4 nitrogen and oxygen atoms in total. The van der Waals surface area contributed by atoms with Gasteiger partial charge in [0, 0.05) is 12.6 Å². The van der Waals surface area contributed by atoms with Crippen molar-refractivity contribution in [2.45, 2.75) is 12.8 Å². The molecule has 72 valence electrons. The van der Waals surface area contributed by atoms with Crippen LogP contribution in [0.25, 0.3) is 5.65 Å². The molecular weight excluding hydrogens is 200 g/mol. The van der Waals surface area contributed by atoms with Gasteiger partial charge in [-0.25, -0.2) is 9.50 Å². The fourth-order valence-electron chi connectivity index (χ4n) is 1.82. The van der Waals surface area contributed by atoms with Gasteiger partial charge in [0.05, 0.1) is 17.6 Å². The molecule has 0 unspecified atom stereocenters. The first-order valence-electron chi connectivity index (χ1n) is 4.61. The first-order valence-corrected chi connectivity index (χ1v) is 4.99. The molecule has 5 heteroatoms. The van der Waals surface area contributed by atoms with Gasteiger partial charge in [0.15, 0.2) is 10.8 Å². The minimum atomic E-state index is 0.497. The molecule has 1 aliphatic heterocycles. The highest BCUT2D eigenvalue weighted by Crippen LogP contribution is 2.22. The van der Waals surface area contributed by atoms with Crippen LogP contribution in [-0.2, 0) is 6.42 Å². The third kappa shape index (κ3) is 1.07. The van der Waals surface area contributed by atoms with E-state index < -0.39 is 0 Å². The average Bonchev–Trinajstić information content (AvgIpc) is 2.59. The minimum absolute atomic E-state index is 0.497. The van der Waals surface area contributed by atoms with Crippen molar-refractivity contribution < 1.29 is 0 Å². The number of fused-ring (bicyclic) bond motifs is 3. The van der Waals surface area contributed by atoms with Gasteiger partial charge >= 0.3 is 0 Å². The van der Waals surface area contributed by atoms with Crippen molar-refractivity contribution >= 4 is 22.9 Å². The van der Waals surface area contributed by atoms with E-state index in [4.69, 9.17) is 11.6 Å². The van der Waals surface area contributed by atoms with E-state index in [1.807, 2.05) is 10.7 Å². The number of rotatable bonds is 0. The van der Waals surface area contributed by atoms with E-state index in [9.17, 15) is 0 Å². The fraction of sp³-hybridized carbons (Fsp3) is 0.333. The van der Waals surface area contributed by atoms with E-state index in [0.717, 1.165) is 30.7 Å². The van der Waals surface area contributed by atoms with Crippen molar-refractivity contribution in [2.24, 2.45) is 0 Å². The summed E-state index contributed by atoms with van der Waals surface area (Å²) < 4.78 is 1.82. The van der Waals surface area contributed by atoms with Crippen molar-refractivity contribution in [3.05, 3.63) is 23.1 Å². The van der Waals surface area contributed by atoms with Crippen LogP contribution >= 0.6 is 11.6 Å². The lowest BCUT2D eigenvalue weighted by atomic mass is 10.1. The summed E-state index contributed by atoms with van der Waals surface area (Å²) in [6.45, 7) is 1.01. The Morgan fingerprint density at radius 2 is 2.43 bits per heavy atom. The van der Waals surface area contributed by atoms with Gasteiger partial charge in [-0.15, -0.1) is 0 Å². The zero-order chi connectivity index (χ0) is 9.54. The van der Waals surface area contributed by atoms with Gasteiger partial charge in [-0.2, -0.15) is 5.10 Å². The molecule has 1 aliphatic rings. The van der Waals surface area contributed by atoms with Crippen LogP contribution in [0.2, 0.25) is 5.15 Å². The summed E-state index contributed by atoms with van der Waals surface area (Å²) in [5.41, 5.74) is 3.06. The summed E-state index contributed by atoms with van der Waals surface area (Å²) in [7, 11) is 0. The number of nitrogens with zero attached hydrogens (tertiary/aromatic N) is 3. The molecule has 0 saturated carbocycles. The monoisotopic (exact) mass is 208 g/mol. The number of hydrogen-bond acceptors (Lipinski definition) is 3. The number of halogens is 1. The maximum atomic E-state index is 5.83. The Kier molecular flexibility index (Phi) is 1.64. The predicted molar refractivity (Wildman–Crippen MR) is 54.8 cm³/mol. The second-order valence-corrected chi connectivity index (χ2v) is 3.77. The summed E-state index contributed by atoms with van der Waals surface area (Å²) in [5, 5.41) is 8.00. The van der Waals surface area contributed by atoms with Crippen LogP contribution in [0, 0.1) is 0 Å². The molecular formula is C9H9ClN4. The standard InChI is InChI=1S/C9H9ClN4/c10-8-4-9-12-5-6-7(14(9)13-8)2-1-3-11-6/h4-5,11H,1-3H2. The van der Waals surface area contributed by atoms with E-state index >= 15 is 0 Å². The van der Waals surface area contributed by atoms with E-state index in [0.29, 0.717) is 5.15 Å². The molecule has 0 aliphatic carbocycles. The van der Waals surface area contributed by atoms with E-state index in [1.165, 1.54) is 5.69 Å². The number of aromatic nitrogens is 3. The van der Waals surface area contributed by atoms with Crippen molar-refractivity contribution in [1.82, 2.24) is 14.6 Å². The Morgan fingerprint density at radius 1 is 1.50 bits per heavy atom. The van der Waals surface area contributed by atoms with Crippen molar-refractivity contribution in [3.8, 4) is 0 Å². The molecule has 14 heavy (non-hydrogen) atoms. The number of anilines is 1. The van der Waals surface area contributed by atoms with Gasteiger partial charge in [-0.05, 0) is 12.8 Å². The molecule has 3 heterocycles. The number of nitrogens with one attached hydrogen (secondary N) is 1. The fourth-order valence-corrected chi connectivity index (χ4v) is 1.99. The second kappa shape index (κ2) is 2.85. The normalized spacial score (nSPS) is 15.2. The Morgan fingerprint density at radius 3 is 3.36 bits per heavy atom. The molecule has 0 aromatic carbocycles. The Labute approximate surface area is 85.9 Å². The molecule has 0 fully saturated rings. The molecule has 0 spiro atoms. The molecule has 0 bridgehead atoms. The topological polar surface area (TPSA) is 42.2 Å². The second-order valence-electron chi connectivity index (χ2n) is 3.39. The van der Waals surface area contributed by atoms with Crippen molar-refractivity contribution in [2.75, 3.05) is 11.9 Å². The van der Waals surface area contributed by atoms with Crippen LogP contribution in [0.5, 0.6) is 0 Å². The molecule has 3 rings (SSSR count). The van der Waals surface area contributed by atoms with E-state index in [1.54, 1.807) is 6.07 Å². The minimum Gasteiger partial charge on any atom is -0.382 e. The lowest BCUT2D eigenvalue weighted by Gasteiger charge is -2.17. The first kappa shape index (κ1) is 8.05. The summed E-state index contributed by atoms with van der Waals surface area (Å²) in [4.78, 5) is 4.27. The van der Waals surface area contributed by atoms with Gasteiger partial charge < -0.3 is 5.32 Å². The summed E-state index contributed by atoms with van der Waals surface area (Å²) >= 11 is 5.83. The Hall–Kier alpha value is -1.29. The molecule has 0 atom stereocenters. The molecule has 1 N–H and O–H groups in total. The lowest BCUT2D eigenvalue weighted by molar-refractivity contribution is 0.747. The van der Waals surface area contributed by atoms with Crippen LogP contribution < -0.4 is 5.32 Å².